The first-order chi connectivity index (χ1) is 24.7. The van der Waals surface area contributed by atoms with Gasteiger partial charge in [-0.25, -0.2) is 0 Å². The van der Waals surface area contributed by atoms with Gasteiger partial charge in [-0.3, -0.25) is 0 Å². The number of aromatic amines is 2. The Morgan fingerprint density at radius 3 is 1.28 bits per heavy atom. The molecule has 2 aromatic heterocycles. The number of benzene rings is 4. The second-order valence-corrected chi connectivity index (χ2v) is 13.6. The molecule has 0 aliphatic carbocycles. The van der Waals surface area contributed by atoms with E-state index in [0.717, 1.165) is 81.0 Å². The maximum atomic E-state index is 10.5. The molecular formula is C42H54N4O4. The second-order valence-electron chi connectivity index (χ2n) is 13.6. The van der Waals surface area contributed by atoms with Crippen molar-refractivity contribution in [3.8, 4) is 11.5 Å². The number of hydrogen-bond acceptors (Lipinski definition) is 6. The lowest BCUT2D eigenvalue weighted by molar-refractivity contribution is 0.107. The van der Waals surface area contributed by atoms with E-state index in [9.17, 15) is 10.2 Å². The van der Waals surface area contributed by atoms with Crippen LogP contribution in [0, 0.1) is 0 Å². The molecule has 0 fully saturated rings. The molecule has 0 radical (unpaired) electrons. The number of unbranched alkanes of at least 4 members (excludes halogenated alkanes) is 9. The summed E-state index contributed by atoms with van der Waals surface area (Å²) in [6.07, 6.45) is 11.4. The largest absolute Gasteiger partial charge is 0.490 e. The van der Waals surface area contributed by atoms with Gasteiger partial charge in [-0.1, -0.05) is 99.9 Å². The Labute approximate surface area is 295 Å². The van der Waals surface area contributed by atoms with Gasteiger partial charge in [-0.15, -0.1) is 0 Å². The van der Waals surface area contributed by atoms with Gasteiger partial charge in [-0.05, 0) is 62.3 Å². The fourth-order valence-electron chi connectivity index (χ4n) is 6.92. The highest BCUT2D eigenvalue weighted by Crippen LogP contribution is 2.34. The zero-order valence-electron chi connectivity index (χ0n) is 29.3. The Hall–Kier alpha value is -4.08. The summed E-state index contributed by atoms with van der Waals surface area (Å²) in [7, 11) is 0. The van der Waals surface area contributed by atoms with Gasteiger partial charge in [0.1, 0.15) is 36.9 Å². The average Bonchev–Trinajstić information content (AvgIpc) is 3.72. The molecule has 6 rings (SSSR count). The molecule has 2 heterocycles. The number of rotatable bonds is 23. The number of fused-ring (bicyclic) bond motifs is 6. The molecule has 266 valence electrons. The number of nitrogens with one attached hydrogen (secondary N) is 4. The lowest BCUT2D eigenvalue weighted by Crippen LogP contribution is -2.32. The third kappa shape index (κ3) is 9.79. The van der Waals surface area contributed by atoms with E-state index in [0.29, 0.717) is 13.1 Å². The Balaban J connectivity index is 0.718. The minimum Gasteiger partial charge on any atom is -0.490 e. The fourth-order valence-corrected chi connectivity index (χ4v) is 6.92. The van der Waals surface area contributed by atoms with Crippen molar-refractivity contribution in [3.63, 3.8) is 0 Å². The average molecular weight is 679 g/mol. The maximum absolute atomic E-state index is 10.5. The van der Waals surface area contributed by atoms with Crippen molar-refractivity contribution < 1.29 is 19.7 Å². The number of para-hydroxylation sites is 2. The summed E-state index contributed by atoms with van der Waals surface area (Å²) >= 11 is 0. The zero-order valence-corrected chi connectivity index (χ0v) is 29.3. The normalized spacial score (nSPS) is 13.1. The number of aromatic nitrogens is 2. The van der Waals surface area contributed by atoms with Crippen molar-refractivity contribution in [3.05, 3.63) is 84.9 Å². The van der Waals surface area contributed by atoms with Crippen LogP contribution in [0.1, 0.15) is 64.2 Å². The highest BCUT2D eigenvalue weighted by Gasteiger charge is 2.13. The molecule has 0 bridgehead atoms. The van der Waals surface area contributed by atoms with Crippen molar-refractivity contribution in [2.45, 2.75) is 76.4 Å². The van der Waals surface area contributed by atoms with Crippen LogP contribution in [0.2, 0.25) is 0 Å². The monoisotopic (exact) mass is 678 g/mol. The van der Waals surface area contributed by atoms with Crippen LogP contribution in [-0.2, 0) is 0 Å². The highest BCUT2D eigenvalue weighted by atomic mass is 16.5. The molecular weight excluding hydrogens is 624 g/mol. The van der Waals surface area contributed by atoms with Crippen molar-refractivity contribution in [2.75, 3.05) is 39.4 Å². The minimum absolute atomic E-state index is 0.270. The Morgan fingerprint density at radius 2 is 0.840 bits per heavy atom. The van der Waals surface area contributed by atoms with E-state index < -0.39 is 12.2 Å². The van der Waals surface area contributed by atoms with Crippen molar-refractivity contribution in [1.29, 1.82) is 0 Å². The number of aliphatic hydroxyl groups excluding tert-OH is 2. The molecule has 0 aliphatic heterocycles. The standard InChI is InChI=1S/C42H54N4O4/c47-31(29-49-39-23-15-21-37-41(39)33-17-9-11-19-35(33)45-37)27-43-25-13-7-5-3-1-2-4-6-8-14-26-44-28-32(48)30-50-40-24-16-22-38-42(40)34-18-10-12-20-36(34)46-38/h9-12,15-24,31-32,43-48H,1-8,13-14,25-30H2. The lowest BCUT2D eigenvalue weighted by Gasteiger charge is -2.14. The van der Waals surface area contributed by atoms with E-state index >= 15 is 0 Å². The van der Waals surface area contributed by atoms with Gasteiger partial charge in [-0.2, -0.15) is 0 Å². The Kier molecular flexibility index (Phi) is 13.4. The molecule has 6 aromatic rings. The molecule has 0 spiro atoms. The first-order valence-corrected chi connectivity index (χ1v) is 18.7. The van der Waals surface area contributed by atoms with Crippen LogP contribution in [-0.4, -0.2) is 71.8 Å². The zero-order chi connectivity index (χ0) is 34.4. The van der Waals surface area contributed by atoms with Gasteiger partial charge in [0.15, 0.2) is 0 Å². The first kappa shape index (κ1) is 35.7. The number of ether oxygens (including phenoxy) is 2. The van der Waals surface area contributed by atoms with E-state index in [-0.39, 0.29) is 13.2 Å². The second kappa shape index (κ2) is 18.8. The number of hydrogen-bond donors (Lipinski definition) is 6. The van der Waals surface area contributed by atoms with Crippen LogP contribution in [0.25, 0.3) is 43.6 Å². The molecule has 6 N–H and O–H groups in total. The molecule has 2 unspecified atom stereocenters. The van der Waals surface area contributed by atoms with Crippen LogP contribution in [0.3, 0.4) is 0 Å². The summed E-state index contributed by atoms with van der Waals surface area (Å²) in [5.41, 5.74) is 4.28. The molecule has 4 aromatic carbocycles. The van der Waals surface area contributed by atoms with Crippen LogP contribution >= 0.6 is 0 Å². The van der Waals surface area contributed by atoms with E-state index in [1.807, 2.05) is 48.5 Å². The highest BCUT2D eigenvalue weighted by molar-refractivity contribution is 6.11. The van der Waals surface area contributed by atoms with Gasteiger partial charge in [0.2, 0.25) is 0 Å². The Bertz CT molecular complexity index is 1760. The van der Waals surface area contributed by atoms with E-state index in [1.165, 1.54) is 51.4 Å². The van der Waals surface area contributed by atoms with Crippen LogP contribution in [0.5, 0.6) is 11.5 Å². The lowest BCUT2D eigenvalue weighted by atomic mass is 10.1. The predicted molar refractivity (Wildman–Crippen MR) is 207 cm³/mol. The smallest absolute Gasteiger partial charge is 0.129 e. The summed E-state index contributed by atoms with van der Waals surface area (Å²) in [5, 5.41) is 32.1. The maximum Gasteiger partial charge on any atom is 0.129 e. The first-order valence-electron chi connectivity index (χ1n) is 18.7. The van der Waals surface area contributed by atoms with Gasteiger partial charge in [0, 0.05) is 45.7 Å². The quantitative estimate of drug-likeness (QED) is 0.0381. The molecule has 8 heteroatoms. The molecule has 0 aliphatic rings. The molecule has 8 nitrogen and oxygen atoms in total. The Morgan fingerprint density at radius 1 is 0.460 bits per heavy atom. The summed E-state index contributed by atoms with van der Waals surface area (Å²) in [4.78, 5) is 6.87. The topological polar surface area (TPSA) is 115 Å². The summed E-state index contributed by atoms with van der Waals surface area (Å²) in [6, 6.07) is 28.5. The molecule has 0 saturated carbocycles. The minimum atomic E-state index is -0.546. The number of aliphatic hydroxyl groups is 2. The number of H-pyrrole nitrogens is 2. The van der Waals surface area contributed by atoms with Gasteiger partial charge < -0.3 is 40.3 Å². The molecule has 2 atom stereocenters. The molecule has 0 amide bonds. The third-order valence-corrected chi connectivity index (χ3v) is 9.56. The summed E-state index contributed by atoms with van der Waals surface area (Å²) < 4.78 is 12.1. The van der Waals surface area contributed by atoms with Crippen LogP contribution < -0.4 is 20.1 Å². The van der Waals surface area contributed by atoms with Crippen LogP contribution in [0.4, 0.5) is 0 Å². The van der Waals surface area contributed by atoms with Gasteiger partial charge in [0.05, 0.1) is 11.0 Å². The SMILES string of the molecule is OC(CNCCCCCCCCCCCCNCC(O)COc1cccc2[nH]c3ccccc3c12)COc1cccc2[nH]c3ccccc3c12. The van der Waals surface area contributed by atoms with E-state index in [4.69, 9.17) is 9.47 Å². The van der Waals surface area contributed by atoms with Crippen molar-refractivity contribution >= 4 is 43.6 Å². The molecule has 0 saturated heterocycles. The van der Waals surface area contributed by atoms with Gasteiger partial charge >= 0.3 is 0 Å². The predicted octanol–water partition coefficient (Wildman–Crippen LogP) is 8.22. The summed E-state index contributed by atoms with van der Waals surface area (Å²) in [6.45, 7) is 3.47. The van der Waals surface area contributed by atoms with E-state index in [1.54, 1.807) is 0 Å². The summed E-state index contributed by atoms with van der Waals surface area (Å²) in [5.74, 6) is 1.61. The molecule has 50 heavy (non-hydrogen) atoms. The fraction of sp³-hybridized carbons (Fsp3) is 0.429. The van der Waals surface area contributed by atoms with Crippen molar-refractivity contribution in [1.82, 2.24) is 20.6 Å². The van der Waals surface area contributed by atoms with Crippen molar-refractivity contribution in [2.24, 2.45) is 0 Å². The van der Waals surface area contributed by atoms with Gasteiger partial charge in [0.25, 0.3) is 0 Å². The van der Waals surface area contributed by atoms with E-state index in [2.05, 4.69) is 57.0 Å². The van der Waals surface area contributed by atoms with Crippen LogP contribution in [0.15, 0.2) is 84.9 Å². The third-order valence-electron chi connectivity index (χ3n) is 9.56.